The summed E-state index contributed by atoms with van der Waals surface area (Å²) >= 11 is 0. The molecule has 4 aliphatic heterocycles. The number of likely N-dealkylation sites (tertiary alicyclic amines) is 1. The molecule has 5 aliphatic rings. The fraction of sp³-hybridized carbons (Fsp3) is 0.634. The van der Waals surface area contributed by atoms with Crippen LogP contribution in [0.5, 0.6) is 0 Å². The first kappa shape index (κ1) is 71.1. The predicted octanol–water partition coefficient (Wildman–Crippen LogP) is 8.21. The van der Waals surface area contributed by atoms with E-state index in [0.29, 0.717) is 63.5 Å². The predicted molar refractivity (Wildman–Crippen MR) is 363 cm³/mol. The molecule has 0 radical (unpaired) electrons. The summed E-state index contributed by atoms with van der Waals surface area (Å²) in [5.74, 6) is 3.83. The number of hydrogen-bond acceptors (Lipinski definition) is 16. The smallest absolute Gasteiger partial charge is 0.324 e. The molecule has 22 nitrogen and oxygen atoms in total. The number of hydrogen-bond donors (Lipinski definition) is 4. The van der Waals surface area contributed by atoms with E-state index >= 15 is 4.39 Å². The zero-order chi connectivity index (χ0) is 68.0. The highest BCUT2D eigenvalue weighted by atomic mass is 19.1. The number of benzene rings is 1. The van der Waals surface area contributed by atoms with Gasteiger partial charge in [0.15, 0.2) is 11.3 Å². The number of aryl methyl sites for hydroxylation is 1. The summed E-state index contributed by atoms with van der Waals surface area (Å²) in [6.07, 6.45) is 9.35. The van der Waals surface area contributed by atoms with Crippen molar-refractivity contribution in [2.24, 2.45) is 17.1 Å². The van der Waals surface area contributed by atoms with Crippen molar-refractivity contribution in [3.05, 3.63) is 71.8 Å². The number of morpholine rings is 1. The molecule has 6 bridgehead atoms. The molecule has 7 atom stereocenters. The van der Waals surface area contributed by atoms with Crippen LogP contribution in [0.3, 0.4) is 0 Å². The molecule has 1 aromatic carbocycles. The second-order valence-corrected chi connectivity index (χ2v) is 28.2. The number of carbonyl (C=O) groups is 5. The number of methoxy groups -OCH3 is 1. The van der Waals surface area contributed by atoms with Crippen LogP contribution in [-0.4, -0.2) is 195 Å². The van der Waals surface area contributed by atoms with Gasteiger partial charge in [-0.25, -0.2) is 14.8 Å². The Kier molecular flexibility index (Phi) is 22.9. The first-order chi connectivity index (χ1) is 44.7. The monoisotopic (exact) mass is 1300 g/mol. The van der Waals surface area contributed by atoms with Crippen molar-refractivity contribution < 1.29 is 42.6 Å². The van der Waals surface area contributed by atoms with Gasteiger partial charge in [-0.2, -0.15) is 9.61 Å². The average Bonchev–Trinajstić information content (AvgIpc) is 1.58. The molecule has 3 saturated heterocycles. The number of halogens is 1. The molecule has 7 unspecified atom stereocenters. The molecule has 94 heavy (non-hydrogen) atoms. The molecule has 4 fully saturated rings. The van der Waals surface area contributed by atoms with Crippen molar-refractivity contribution in [1.29, 1.82) is 0 Å². The molecule has 1 saturated carbocycles. The number of alkyl halides is 1. The van der Waals surface area contributed by atoms with Crippen LogP contribution in [0.25, 0.3) is 27.8 Å². The van der Waals surface area contributed by atoms with Crippen molar-refractivity contribution in [2.75, 3.05) is 84.4 Å². The van der Waals surface area contributed by atoms with E-state index in [1.807, 2.05) is 62.6 Å². The Morgan fingerprint density at radius 2 is 1.71 bits per heavy atom. The van der Waals surface area contributed by atoms with Gasteiger partial charge in [-0.1, -0.05) is 47.5 Å². The number of nitrogens with two attached hydrogens (primary N) is 1. The van der Waals surface area contributed by atoms with E-state index in [4.69, 9.17) is 29.9 Å². The van der Waals surface area contributed by atoms with Gasteiger partial charge in [0.05, 0.1) is 48.5 Å². The maximum absolute atomic E-state index is 16.8. The van der Waals surface area contributed by atoms with Crippen LogP contribution in [0, 0.1) is 23.2 Å². The standard InChI is InChI=1S/C55H78FN9O8.C16H25N5/c1-13-64-44-19-18-37-30-40(44)41(48(64)39-16-14-24-57-46(39)36(4)71-12)32-53(5,6)34-73-51(69)42-17-15-25-65(59-42)50(68)43(31-38-33-63(37)28-29-72-38)58-49(67)47(35(2)3)61(11)52(70)55(56)22-26-62(27-23-55)45(66)20-21-54(7,8)60(9)10;1-3-11(4-2)14-10-16(19-13-6-5-12(17)9-13)21-15(20-14)7-8-18-21/h14,16,18-19,24,30,35-36,38,42-43,47,59H,13,15,17,22-23,25-29,31-34H2,1-12H3,(H,58,67);7-8,10-13,19H,3-6,9,17H2,1-2H3. The third-order valence-corrected chi connectivity index (χ3v) is 20.0. The Hall–Kier alpha value is -7.23. The van der Waals surface area contributed by atoms with Crippen LogP contribution in [0.15, 0.2) is 54.9 Å². The van der Waals surface area contributed by atoms with Crippen LogP contribution in [-0.2, 0) is 51.1 Å². The molecule has 0 spiro atoms. The number of anilines is 2. The maximum Gasteiger partial charge on any atom is 0.324 e. The lowest BCUT2D eigenvalue weighted by atomic mass is 9.84. The normalized spacial score (nSPS) is 22.5. The third kappa shape index (κ3) is 16.0. The summed E-state index contributed by atoms with van der Waals surface area (Å²) < 4.78 is 39.3. The summed E-state index contributed by atoms with van der Waals surface area (Å²) in [5.41, 5.74) is 13.8. The Labute approximate surface area is 554 Å². The zero-order valence-corrected chi connectivity index (χ0v) is 58.0. The fourth-order valence-corrected chi connectivity index (χ4v) is 13.9. The minimum Gasteiger partial charge on any atom is -0.464 e. The van der Waals surface area contributed by atoms with Crippen LogP contribution in [0.1, 0.15) is 162 Å². The van der Waals surface area contributed by atoms with E-state index in [1.54, 1.807) is 27.2 Å². The molecular weight excluding hydrogens is 1200 g/mol. The van der Waals surface area contributed by atoms with Crippen LogP contribution in [0.4, 0.5) is 15.9 Å². The van der Waals surface area contributed by atoms with Crippen LogP contribution >= 0.6 is 0 Å². The number of rotatable bonds is 15. The van der Waals surface area contributed by atoms with Crippen molar-refractivity contribution in [2.45, 2.75) is 206 Å². The van der Waals surface area contributed by atoms with Crippen molar-refractivity contribution in [1.82, 2.24) is 54.6 Å². The lowest BCUT2D eigenvalue weighted by molar-refractivity contribution is -0.156. The number of piperidine rings is 1. The quantitative estimate of drug-likeness (QED) is 0.0570. The van der Waals surface area contributed by atoms with Crippen molar-refractivity contribution >= 4 is 57.7 Å². The second-order valence-electron chi connectivity index (χ2n) is 28.2. The maximum atomic E-state index is 16.8. The molecule has 4 aromatic heterocycles. The van der Waals surface area contributed by atoms with E-state index in [0.717, 1.165) is 93.3 Å². The molecule has 5 N–H and O–H groups in total. The second kappa shape index (κ2) is 30.2. The number of aromatic nitrogens is 5. The molecule has 512 valence electrons. The van der Waals surface area contributed by atoms with Crippen molar-refractivity contribution in [3.8, 4) is 23.1 Å². The topological polar surface area (TPSA) is 239 Å². The van der Waals surface area contributed by atoms with Gasteiger partial charge in [0.1, 0.15) is 23.9 Å². The molecule has 8 heterocycles. The third-order valence-electron chi connectivity index (χ3n) is 20.0. The number of fused-ring (bicyclic) bond motifs is 7. The summed E-state index contributed by atoms with van der Waals surface area (Å²) in [6, 6.07) is 12.3. The van der Waals surface area contributed by atoms with Gasteiger partial charge >= 0.3 is 5.97 Å². The van der Waals surface area contributed by atoms with Crippen LogP contribution in [0.2, 0.25) is 0 Å². The largest absolute Gasteiger partial charge is 0.464 e. The van der Waals surface area contributed by atoms with E-state index in [2.05, 4.69) is 107 Å². The molecular formula is C71H103FN14O8. The number of carbonyl (C=O) groups excluding carboxylic acids is 5. The number of pyridine rings is 1. The minimum absolute atomic E-state index is 0.0172. The van der Waals surface area contributed by atoms with Gasteiger partial charge < -0.3 is 49.8 Å². The van der Waals surface area contributed by atoms with E-state index in [1.165, 1.54) is 17.0 Å². The molecule has 1 aliphatic carbocycles. The zero-order valence-electron chi connectivity index (χ0n) is 58.0. The van der Waals surface area contributed by atoms with Gasteiger partial charge in [0.25, 0.3) is 17.7 Å². The summed E-state index contributed by atoms with van der Waals surface area (Å²) in [7, 11) is 6.82. The first-order valence-corrected chi connectivity index (χ1v) is 34.1. The summed E-state index contributed by atoms with van der Waals surface area (Å²) in [5, 5.41) is 13.4. The highest BCUT2D eigenvalue weighted by Crippen LogP contribution is 2.42. The number of amides is 4. The Morgan fingerprint density at radius 1 is 0.968 bits per heavy atom. The Balaban J connectivity index is 0.000000416. The Bertz CT molecular complexity index is 3560. The molecule has 10 rings (SSSR count). The lowest BCUT2D eigenvalue weighted by Gasteiger charge is -2.41. The van der Waals surface area contributed by atoms with Crippen molar-refractivity contribution in [3.63, 3.8) is 0 Å². The first-order valence-electron chi connectivity index (χ1n) is 34.1. The SMILES string of the molecule is CCC(CC)c1cc(NC2CCC(N)C2)n2nccc2n1.CCn1c(-c2cccnc2C(C)OC)c2c3cc(ccc31)N1CCOC(CC(NC(=O)C(C(C)C)N(C)C(=O)C3(F)CCN(C(=O)C#CC(C)(C)N(C)C)CC3)C(=O)N3CCCC(N3)C(=O)OCC(C)(C)C2)C1. The fourth-order valence-electron chi connectivity index (χ4n) is 13.9. The molecule has 5 aromatic rings. The number of esters is 1. The average molecular weight is 1300 g/mol. The summed E-state index contributed by atoms with van der Waals surface area (Å²) in [4.78, 5) is 87.0. The highest BCUT2D eigenvalue weighted by Gasteiger charge is 2.48. The molecule has 4 amide bonds. The summed E-state index contributed by atoms with van der Waals surface area (Å²) in [6.45, 7) is 22.4. The number of nitrogens with one attached hydrogen (secondary N) is 3. The van der Waals surface area contributed by atoms with Gasteiger partial charge in [-0.15, -0.1) is 0 Å². The van der Waals surface area contributed by atoms with Gasteiger partial charge in [0.2, 0.25) is 5.91 Å². The Morgan fingerprint density at radius 3 is 2.38 bits per heavy atom. The molecule has 23 heteroatoms. The minimum atomic E-state index is -2.34. The number of ether oxygens (including phenoxy) is 3. The van der Waals surface area contributed by atoms with Gasteiger partial charge in [-0.05, 0) is 141 Å². The van der Waals surface area contributed by atoms with E-state index in [-0.39, 0.29) is 51.6 Å². The highest BCUT2D eigenvalue weighted by molar-refractivity contribution is 5.97. The number of cyclic esters (lactones) is 1. The van der Waals surface area contributed by atoms with E-state index < -0.39 is 76.4 Å². The van der Waals surface area contributed by atoms with Crippen LogP contribution < -0.4 is 26.7 Å². The van der Waals surface area contributed by atoms with Gasteiger partial charge in [-0.3, -0.25) is 38.9 Å². The number of nitrogens with zero attached hydrogens (tertiary/aromatic N) is 10. The number of hydrazine groups is 1. The van der Waals surface area contributed by atoms with E-state index in [9.17, 15) is 24.0 Å². The number of likely N-dealkylation sites (N-methyl/N-ethyl adjacent to an activating group) is 1. The lowest BCUT2D eigenvalue weighted by Crippen LogP contribution is -2.63. The van der Waals surface area contributed by atoms with Gasteiger partial charge in [0, 0.05) is 142 Å².